The number of hydrogen-bond acceptors (Lipinski definition) is 8. The summed E-state index contributed by atoms with van der Waals surface area (Å²) in [4.78, 5) is 18.6. The minimum Gasteiger partial charge on any atom is -0.387 e. The molecule has 0 aliphatic heterocycles. The van der Waals surface area contributed by atoms with E-state index in [9.17, 15) is 15.2 Å². The highest BCUT2D eigenvalue weighted by molar-refractivity contribution is 7.07. The third-order valence-electron chi connectivity index (χ3n) is 2.86. The minimum atomic E-state index is -0.760. The second-order valence-electron chi connectivity index (χ2n) is 4.29. The zero-order valence-electron chi connectivity index (χ0n) is 11.5. The number of thiophene rings is 1. The molecule has 8 nitrogen and oxygen atoms in total. The smallest absolute Gasteiger partial charge is 0.332 e. The van der Waals surface area contributed by atoms with Crippen molar-refractivity contribution < 1.29 is 10.0 Å². The van der Waals surface area contributed by atoms with Crippen LogP contribution in [0.4, 0.5) is 17.5 Å². The Kier molecular flexibility index (Phi) is 4.66. The highest BCUT2D eigenvalue weighted by Gasteiger charge is 2.22. The zero-order chi connectivity index (χ0) is 15.4. The summed E-state index contributed by atoms with van der Waals surface area (Å²) < 4.78 is 0. The van der Waals surface area contributed by atoms with Crippen LogP contribution >= 0.6 is 11.3 Å². The molecule has 0 spiro atoms. The maximum Gasteiger partial charge on any atom is 0.332 e. The van der Waals surface area contributed by atoms with Crippen LogP contribution in [0.1, 0.15) is 17.4 Å². The van der Waals surface area contributed by atoms with Gasteiger partial charge < -0.3 is 15.7 Å². The van der Waals surface area contributed by atoms with E-state index in [4.69, 9.17) is 0 Å². The molecule has 2 aromatic rings. The largest absolute Gasteiger partial charge is 0.387 e. The van der Waals surface area contributed by atoms with E-state index in [1.54, 1.807) is 20.0 Å². The third-order valence-corrected chi connectivity index (χ3v) is 3.56. The molecule has 0 aliphatic carbocycles. The molecule has 0 saturated carbocycles. The highest BCUT2D eigenvalue weighted by Crippen LogP contribution is 2.27. The van der Waals surface area contributed by atoms with Crippen molar-refractivity contribution in [2.75, 3.05) is 24.2 Å². The maximum absolute atomic E-state index is 11.1. The fourth-order valence-electron chi connectivity index (χ4n) is 1.80. The van der Waals surface area contributed by atoms with Crippen LogP contribution in [0.25, 0.3) is 0 Å². The monoisotopic (exact) mass is 309 g/mol. The van der Waals surface area contributed by atoms with Crippen LogP contribution in [0, 0.1) is 17.0 Å². The Labute approximate surface area is 125 Å². The van der Waals surface area contributed by atoms with Gasteiger partial charge >= 0.3 is 5.69 Å². The number of aliphatic hydroxyl groups excluding tert-OH is 1. The van der Waals surface area contributed by atoms with Crippen molar-refractivity contribution in [3.8, 4) is 0 Å². The second-order valence-corrected chi connectivity index (χ2v) is 5.07. The van der Waals surface area contributed by atoms with Crippen LogP contribution in [-0.4, -0.2) is 33.6 Å². The molecule has 1 atom stereocenters. The molecule has 0 amide bonds. The highest BCUT2D eigenvalue weighted by atomic mass is 32.1. The molecule has 3 N–H and O–H groups in total. The minimum absolute atomic E-state index is 0.0890. The molecule has 0 radical (unpaired) electrons. The normalized spacial score (nSPS) is 12.0. The van der Waals surface area contributed by atoms with Gasteiger partial charge in [0, 0.05) is 13.6 Å². The lowest BCUT2D eigenvalue weighted by Gasteiger charge is -2.12. The number of nitro groups is 1. The molecule has 0 aromatic carbocycles. The van der Waals surface area contributed by atoms with Crippen molar-refractivity contribution in [1.29, 1.82) is 0 Å². The molecule has 9 heteroatoms. The van der Waals surface area contributed by atoms with E-state index in [0.29, 0.717) is 0 Å². The molecule has 2 rings (SSSR count). The number of nitrogens with zero attached hydrogens (tertiary/aromatic N) is 3. The second kappa shape index (κ2) is 6.46. The quantitative estimate of drug-likeness (QED) is 0.552. The van der Waals surface area contributed by atoms with E-state index in [-0.39, 0.29) is 29.7 Å². The van der Waals surface area contributed by atoms with Gasteiger partial charge in [0.1, 0.15) is 5.69 Å². The summed E-state index contributed by atoms with van der Waals surface area (Å²) in [6.45, 7) is 1.66. The summed E-state index contributed by atoms with van der Waals surface area (Å²) in [5, 5.41) is 30.4. The predicted molar refractivity (Wildman–Crippen MR) is 80.7 cm³/mol. The number of nitrogens with one attached hydrogen (secondary N) is 2. The summed E-state index contributed by atoms with van der Waals surface area (Å²) in [6.07, 6.45) is -0.760. The lowest BCUT2D eigenvalue weighted by Crippen LogP contribution is -2.15. The Morgan fingerprint density at radius 2 is 2.29 bits per heavy atom. The fourth-order valence-corrected chi connectivity index (χ4v) is 2.50. The van der Waals surface area contributed by atoms with Gasteiger partial charge in [-0.2, -0.15) is 16.3 Å². The van der Waals surface area contributed by atoms with Gasteiger partial charge in [0.05, 0.1) is 11.0 Å². The van der Waals surface area contributed by atoms with Gasteiger partial charge in [0.25, 0.3) is 0 Å². The summed E-state index contributed by atoms with van der Waals surface area (Å²) in [7, 11) is 1.63. The zero-order valence-corrected chi connectivity index (χ0v) is 12.3. The van der Waals surface area contributed by atoms with Crippen LogP contribution < -0.4 is 10.6 Å². The Balaban J connectivity index is 2.22. The SMILES string of the molecule is CNc1nc(C)c([N+](=O)[O-])c(NCC(O)c2ccsc2)n1. The molecule has 0 saturated heterocycles. The van der Waals surface area contributed by atoms with Crippen molar-refractivity contribution in [2.45, 2.75) is 13.0 Å². The Morgan fingerprint density at radius 3 is 2.86 bits per heavy atom. The van der Waals surface area contributed by atoms with Gasteiger partial charge in [0.15, 0.2) is 0 Å². The lowest BCUT2D eigenvalue weighted by atomic mass is 10.2. The Morgan fingerprint density at radius 1 is 1.52 bits per heavy atom. The van der Waals surface area contributed by atoms with Crippen LogP contribution in [0.5, 0.6) is 0 Å². The molecule has 2 heterocycles. The lowest BCUT2D eigenvalue weighted by molar-refractivity contribution is -0.385. The van der Waals surface area contributed by atoms with Crippen LogP contribution in [-0.2, 0) is 0 Å². The number of aryl methyl sites for hydroxylation is 1. The van der Waals surface area contributed by atoms with E-state index in [1.807, 2.05) is 10.8 Å². The Hall–Kier alpha value is -2.26. The summed E-state index contributed by atoms with van der Waals surface area (Å²) in [6, 6.07) is 1.80. The number of rotatable bonds is 6. The molecule has 112 valence electrons. The molecule has 0 fully saturated rings. The van der Waals surface area contributed by atoms with E-state index >= 15 is 0 Å². The maximum atomic E-state index is 11.1. The van der Waals surface area contributed by atoms with Gasteiger partial charge in [-0.05, 0) is 29.3 Å². The van der Waals surface area contributed by atoms with Crippen LogP contribution in [0.2, 0.25) is 0 Å². The first-order chi connectivity index (χ1) is 10.0. The van der Waals surface area contributed by atoms with Gasteiger partial charge in [-0.15, -0.1) is 0 Å². The standard InChI is InChI=1S/C12H15N5O3S/c1-7-10(17(19)20)11(16-12(13-2)15-7)14-5-9(18)8-3-4-21-6-8/h3-4,6,9,18H,5H2,1-2H3,(H2,13,14,15,16). The first kappa shape index (κ1) is 15.1. The van der Waals surface area contributed by atoms with Crippen LogP contribution in [0.3, 0.4) is 0 Å². The van der Waals surface area contributed by atoms with E-state index in [1.165, 1.54) is 11.3 Å². The number of aromatic nitrogens is 2. The predicted octanol–water partition coefficient (Wildman–Crippen LogP) is 1.94. The summed E-state index contributed by atoms with van der Waals surface area (Å²) in [5.74, 6) is 0.372. The first-order valence-electron chi connectivity index (χ1n) is 6.17. The van der Waals surface area contributed by atoms with Gasteiger partial charge in [-0.1, -0.05) is 0 Å². The van der Waals surface area contributed by atoms with Gasteiger partial charge in [-0.3, -0.25) is 10.1 Å². The molecule has 0 aliphatic rings. The molecule has 1 unspecified atom stereocenters. The van der Waals surface area contributed by atoms with Crippen LogP contribution in [0.15, 0.2) is 16.8 Å². The number of hydrogen-bond donors (Lipinski definition) is 3. The van der Waals surface area contributed by atoms with Crippen molar-refractivity contribution in [1.82, 2.24) is 9.97 Å². The van der Waals surface area contributed by atoms with E-state index < -0.39 is 11.0 Å². The third kappa shape index (κ3) is 3.44. The number of anilines is 2. The van der Waals surface area contributed by atoms with Crippen molar-refractivity contribution in [2.24, 2.45) is 0 Å². The topological polar surface area (TPSA) is 113 Å². The van der Waals surface area contributed by atoms with Crippen molar-refractivity contribution in [3.63, 3.8) is 0 Å². The molecular weight excluding hydrogens is 294 g/mol. The van der Waals surface area contributed by atoms with Gasteiger partial charge in [-0.25, -0.2) is 4.98 Å². The average Bonchev–Trinajstić information content (AvgIpc) is 2.97. The van der Waals surface area contributed by atoms with Gasteiger partial charge in [0.2, 0.25) is 11.8 Å². The molecular formula is C12H15N5O3S. The Bertz CT molecular complexity index is 632. The van der Waals surface area contributed by atoms with E-state index in [2.05, 4.69) is 20.6 Å². The fraction of sp³-hybridized carbons (Fsp3) is 0.333. The van der Waals surface area contributed by atoms with E-state index in [0.717, 1.165) is 5.56 Å². The molecule has 21 heavy (non-hydrogen) atoms. The van der Waals surface area contributed by atoms with Crippen molar-refractivity contribution >= 4 is 28.8 Å². The van der Waals surface area contributed by atoms with Crippen molar-refractivity contribution in [3.05, 3.63) is 38.2 Å². The number of aliphatic hydroxyl groups is 1. The average molecular weight is 309 g/mol. The summed E-state index contributed by atoms with van der Waals surface area (Å²) >= 11 is 1.47. The molecule has 0 bridgehead atoms. The first-order valence-corrected chi connectivity index (χ1v) is 7.12. The molecule has 2 aromatic heterocycles. The summed E-state index contributed by atoms with van der Waals surface area (Å²) in [5.41, 5.74) is 0.827.